The molecule has 1 aromatic heterocycles. The van der Waals surface area contributed by atoms with E-state index in [2.05, 4.69) is 30.7 Å². The van der Waals surface area contributed by atoms with Crippen molar-refractivity contribution in [2.75, 3.05) is 62.2 Å². The number of aromatic nitrogens is 2. The first-order valence-electron chi connectivity index (χ1n) is 10.7. The van der Waals surface area contributed by atoms with Gasteiger partial charge in [0.05, 0.1) is 11.1 Å². The van der Waals surface area contributed by atoms with E-state index in [0.717, 1.165) is 50.9 Å². The van der Waals surface area contributed by atoms with Gasteiger partial charge < -0.3 is 9.80 Å². The van der Waals surface area contributed by atoms with Gasteiger partial charge in [0.15, 0.2) is 0 Å². The van der Waals surface area contributed by atoms with Gasteiger partial charge in [0.1, 0.15) is 18.0 Å². The van der Waals surface area contributed by atoms with Gasteiger partial charge in [-0.3, -0.25) is 19.4 Å². The Balaban J connectivity index is 1.15. The van der Waals surface area contributed by atoms with E-state index in [1.165, 1.54) is 17.7 Å². The highest BCUT2D eigenvalue weighted by Crippen LogP contribution is 2.23. The smallest absolute Gasteiger partial charge is 0.261 e. The largest absolute Gasteiger partial charge is 0.356 e. The number of hydrogen-bond donors (Lipinski definition) is 0. The molecule has 0 bridgehead atoms. The maximum atomic E-state index is 12.5. The third kappa shape index (κ3) is 3.52. The second-order valence-electron chi connectivity index (χ2n) is 8.06. The molecule has 0 spiro atoms. The molecular weight excluding hydrogens is 380 g/mol. The lowest BCUT2D eigenvalue weighted by Gasteiger charge is -2.36. The van der Waals surface area contributed by atoms with E-state index >= 15 is 0 Å². The van der Waals surface area contributed by atoms with Gasteiger partial charge in [-0.05, 0) is 25.0 Å². The average Bonchev–Trinajstić information content (AvgIpc) is 3.41. The van der Waals surface area contributed by atoms with Crippen LogP contribution >= 0.6 is 0 Å². The Morgan fingerprint density at radius 1 is 0.733 bits per heavy atom. The van der Waals surface area contributed by atoms with E-state index in [1.54, 1.807) is 30.6 Å². The van der Waals surface area contributed by atoms with Crippen molar-refractivity contribution in [1.29, 1.82) is 0 Å². The zero-order chi connectivity index (χ0) is 20.5. The summed E-state index contributed by atoms with van der Waals surface area (Å²) >= 11 is 0. The Labute approximate surface area is 176 Å². The summed E-state index contributed by atoms with van der Waals surface area (Å²) in [7, 11) is 0. The molecule has 0 unspecified atom stereocenters. The van der Waals surface area contributed by atoms with E-state index in [9.17, 15) is 9.59 Å². The Bertz CT molecular complexity index is 915. The molecule has 3 aliphatic heterocycles. The molecule has 30 heavy (non-hydrogen) atoms. The van der Waals surface area contributed by atoms with E-state index in [1.807, 2.05) is 0 Å². The van der Waals surface area contributed by atoms with Gasteiger partial charge in [-0.15, -0.1) is 0 Å². The monoisotopic (exact) mass is 406 g/mol. The molecular formula is C22H26N6O2. The SMILES string of the molecule is O=C1c2ccccc2C(=O)N1CCN1CCN(c2cc(N3CCCC3)ncn2)CC1. The number of nitrogens with zero attached hydrogens (tertiary/aromatic N) is 6. The molecule has 8 heteroatoms. The van der Waals surface area contributed by atoms with Crippen LogP contribution in [0.15, 0.2) is 36.7 Å². The lowest BCUT2D eigenvalue weighted by Crippen LogP contribution is -2.49. The molecule has 2 saturated heterocycles. The minimum absolute atomic E-state index is 0.176. The number of carbonyl (C=O) groups excluding carboxylic acids is 2. The van der Waals surface area contributed by atoms with Gasteiger partial charge in [-0.1, -0.05) is 12.1 Å². The maximum Gasteiger partial charge on any atom is 0.261 e. The molecule has 5 rings (SSSR count). The predicted octanol–water partition coefficient (Wildman–Crippen LogP) is 1.50. The van der Waals surface area contributed by atoms with Crippen molar-refractivity contribution >= 4 is 23.5 Å². The molecule has 8 nitrogen and oxygen atoms in total. The highest BCUT2D eigenvalue weighted by Gasteiger charge is 2.35. The van der Waals surface area contributed by atoms with Crippen molar-refractivity contribution in [2.24, 2.45) is 0 Å². The minimum atomic E-state index is -0.176. The van der Waals surface area contributed by atoms with Crippen LogP contribution < -0.4 is 9.80 Å². The standard InChI is InChI=1S/C22H26N6O2/c29-21-17-5-1-2-6-18(17)22(30)28(21)14-11-25-9-12-27(13-10-25)20-15-19(23-16-24-20)26-7-3-4-8-26/h1-2,5-6,15-16H,3-4,7-14H2. The van der Waals surface area contributed by atoms with Crippen LogP contribution in [0, 0.1) is 0 Å². The molecule has 156 valence electrons. The molecule has 3 aliphatic rings. The first kappa shape index (κ1) is 19.0. The van der Waals surface area contributed by atoms with Crippen molar-refractivity contribution in [3.63, 3.8) is 0 Å². The van der Waals surface area contributed by atoms with Crippen LogP contribution in [0.1, 0.15) is 33.6 Å². The minimum Gasteiger partial charge on any atom is -0.356 e. The Morgan fingerprint density at radius 2 is 1.30 bits per heavy atom. The van der Waals surface area contributed by atoms with Crippen molar-refractivity contribution in [1.82, 2.24) is 19.8 Å². The van der Waals surface area contributed by atoms with Crippen LogP contribution in [-0.4, -0.2) is 83.9 Å². The fourth-order valence-corrected chi connectivity index (χ4v) is 4.51. The number of imide groups is 1. The van der Waals surface area contributed by atoms with E-state index in [0.29, 0.717) is 24.2 Å². The summed E-state index contributed by atoms with van der Waals surface area (Å²) < 4.78 is 0. The molecule has 0 saturated carbocycles. The second-order valence-corrected chi connectivity index (χ2v) is 8.06. The lowest BCUT2D eigenvalue weighted by molar-refractivity contribution is 0.0635. The third-order valence-electron chi connectivity index (χ3n) is 6.28. The van der Waals surface area contributed by atoms with Crippen LogP contribution in [0.5, 0.6) is 0 Å². The van der Waals surface area contributed by atoms with Gasteiger partial charge in [0.2, 0.25) is 0 Å². The number of benzene rings is 1. The van der Waals surface area contributed by atoms with Crippen LogP contribution in [0.4, 0.5) is 11.6 Å². The van der Waals surface area contributed by atoms with Crippen molar-refractivity contribution < 1.29 is 9.59 Å². The fraction of sp³-hybridized carbons (Fsp3) is 0.455. The van der Waals surface area contributed by atoms with Gasteiger partial charge in [0, 0.05) is 58.4 Å². The van der Waals surface area contributed by atoms with E-state index in [4.69, 9.17) is 0 Å². The molecule has 0 atom stereocenters. The molecule has 4 heterocycles. The summed E-state index contributed by atoms with van der Waals surface area (Å²) in [5, 5.41) is 0. The lowest BCUT2D eigenvalue weighted by atomic mass is 10.1. The summed E-state index contributed by atoms with van der Waals surface area (Å²) in [5.74, 6) is 1.65. The van der Waals surface area contributed by atoms with Gasteiger partial charge >= 0.3 is 0 Å². The number of rotatable bonds is 5. The topological polar surface area (TPSA) is 72.9 Å². The first-order chi connectivity index (χ1) is 14.7. The van der Waals surface area contributed by atoms with Crippen molar-refractivity contribution in [2.45, 2.75) is 12.8 Å². The number of anilines is 2. The van der Waals surface area contributed by atoms with Crippen LogP contribution in [-0.2, 0) is 0 Å². The van der Waals surface area contributed by atoms with Gasteiger partial charge in [-0.2, -0.15) is 0 Å². The summed E-state index contributed by atoms with van der Waals surface area (Å²) in [5.41, 5.74) is 1.04. The molecule has 2 fully saturated rings. The Hall–Kier alpha value is -3.00. The number of amides is 2. The number of carbonyl (C=O) groups is 2. The number of fused-ring (bicyclic) bond motifs is 1. The normalized spacial score (nSPS) is 19.7. The predicted molar refractivity (Wildman–Crippen MR) is 114 cm³/mol. The fourth-order valence-electron chi connectivity index (χ4n) is 4.51. The van der Waals surface area contributed by atoms with E-state index in [-0.39, 0.29) is 11.8 Å². The molecule has 2 amide bonds. The van der Waals surface area contributed by atoms with Gasteiger partial charge in [0.25, 0.3) is 11.8 Å². The summed E-state index contributed by atoms with van der Waals surface area (Å²) in [4.78, 5) is 42.3. The second kappa shape index (κ2) is 8.02. The summed E-state index contributed by atoms with van der Waals surface area (Å²) in [6.45, 7) is 6.78. The van der Waals surface area contributed by atoms with Crippen molar-refractivity contribution in [3.05, 3.63) is 47.8 Å². The van der Waals surface area contributed by atoms with Crippen LogP contribution in [0.3, 0.4) is 0 Å². The zero-order valence-electron chi connectivity index (χ0n) is 17.0. The molecule has 2 aromatic rings. The van der Waals surface area contributed by atoms with E-state index < -0.39 is 0 Å². The zero-order valence-corrected chi connectivity index (χ0v) is 17.0. The average molecular weight is 406 g/mol. The molecule has 0 aliphatic carbocycles. The van der Waals surface area contributed by atoms with Crippen LogP contribution in [0.2, 0.25) is 0 Å². The van der Waals surface area contributed by atoms with Crippen molar-refractivity contribution in [3.8, 4) is 0 Å². The van der Waals surface area contributed by atoms with Crippen LogP contribution in [0.25, 0.3) is 0 Å². The Morgan fingerprint density at radius 3 is 1.90 bits per heavy atom. The maximum absolute atomic E-state index is 12.5. The third-order valence-corrected chi connectivity index (χ3v) is 6.28. The number of piperazine rings is 1. The highest BCUT2D eigenvalue weighted by atomic mass is 16.2. The quantitative estimate of drug-likeness (QED) is 0.697. The number of hydrogen-bond acceptors (Lipinski definition) is 7. The molecule has 0 radical (unpaired) electrons. The Kier molecular flexibility index (Phi) is 5.08. The highest BCUT2D eigenvalue weighted by molar-refractivity contribution is 6.21. The summed E-state index contributed by atoms with van der Waals surface area (Å²) in [6, 6.07) is 9.16. The van der Waals surface area contributed by atoms with Gasteiger partial charge in [-0.25, -0.2) is 9.97 Å². The summed E-state index contributed by atoms with van der Waals surface area (Å²) in [6.07, 6.45) is 4.12. The molecule has 1 aromatic carbocycles. The first-order valence-corrected chi connectivity index (χ1v) is 10.7. The molecule has 0 N–H and O–H groups in total.